The summed E-state index contributed by atoms with van der Waals surface area (Å²) in [6.07, 6.45) is 1.56. The highest BCUT2D eigenvalue weighted by molar-refractivity contribution is 5.76. The molecule has 1 N–H and O–H groups in total. The molecule has 1 aliphatic heterocycles. The van der Waals surface area contributed by atoms with E-state index in [-0.39, 0.29) is 5.91 Å². The van der Waals surface area contributed by atoms with E-state index >= 15 is 0 Å². The third-order valence-corrected chi connectivity index (χ3v) is 3.60. The van der Waals surface area contributed by atoms with Gasteiger partial charge in [0.2, 0.25) is 5.91 Å². The summed E-state index contributed by atoms with van der Waals surface area (Å²) >= 11 is 0. The minimum Gasteiger partial charge on any atom is -0.370 e. The smallest absolute Gasteiger partial charge is 0.222 e. The van der Waals surface area contributed by atoms with E-state index in [2.05, 4.69) is 27.1 Å². The predicted molar refractivity (Wildman–Crippen MR) is 84.6 cm³/mol. The minimum absolute atomic E-state index is 0.268. The van der Waals surface area contributed by atoms with Gasteiger partial charge >= 0.3 is 0 Å². The Morgan fingerprint density at radius 3 is 2.57 bits per heavy atom. The van der Waals surface area contributed by atoms with Gasteiger partial charge in [0, 0.05) is 45.2 Å². The Bertz CT molecular complexity index is 483. The number of aryl methyl sites for hydroxylation is 1. The van der Waals surface area contributed by atoms with Crippen molar-refractivity contribution in [1.29, 1.82) is 0 Å². The Hall–Kier alpha value is -1.85. The molecule has 1 amide bonds. The van der Waals surface area contributed by atoms with E-state index in [9.17, 15) is 4.79 Å². The van der Waals surface area contributed by atoms with Crippen LogP contribution < -0.4 is 10.2 Å². The number of carbonyl (C=O) groups excluding carboxylic acids is 1. The molecule has 116 valence electrons. The van der Waals surface area contributed by atoms with Crippen LogP contribution in [0.1, 0.15) is 32.5 Å². The van der Waals surface area contributed by atoms with Crippen molar-refractivity contribution < 1.29 is 4.79 Å². The fourth-order valence-corrected chi connectivity index (χ4v) is 2.54. The van der Waals surface area contributed by atoms with E-state index < -0.39 is 0 Å². The highest BCUT2D eigenvalue weighted by Gasteiger charge is 2.21. The number of anilines is 2. The van der Waals surface area contributed by atoms with Gasteiger partial charge in [0.1, 0.15) is 17.5 Å². The van der Waals surface area contributed by atoms with Crippen LogP contribution in [-0.4, -0.2) is 53.5 Å². The molecule has 2 rings (SSSR count). The highest BCUT2D eigenvalue weighted by Crippen LogP contribution is 2.18. The molecule has 6 heteroatoms. The van der Waals surface area contributed by atoms with E-state index in [1.807, 2.05) is 24.8 Å². The maximum Gasteiger partial charge on any atom is 0.222 e. The Balaban J connectivity index is 2.00. The summed E-state index contributed by atoms with van der Waals surface area (Å²) in [7, 11) is 0. The van der Waals surface area contributed by atoms with Crippen molar-refractivity contribution in [3.05, 3.63) is 11.9 Å². The number of rotatable bonds is 5. The molecule has 1 fully saturated rings. The third kappa shape index (κ3) is 4.06. The molecule has 0 atom stereocenters. The zero-order chi connectivity index (χ0) is 15.2. The fraction of sp³-hybridized carbons (Fsp3) is 0.667. The number of hydrogen-bond donors (Lipinski definition) is 1. The molecule has 0 radical (unpaired) electrons. The van der Waals surface area contributed by atoms with E-state index in [1.54, 1.807) is 0 Å². The van der Waals surface area contributed by atoms with Crippen LogP contribution in [0.15, 0.2) is 6.07 Å². The molecule has 0 spiro atoms. The van der Waals surface area contributed by atoms with Crippen molar-refractivity contribution in [1.82, 2.24) is 14.9 Å². The second-order valence-electron chi connectivity index (χ2n) is 5.31. The summed E-state index contributed by atoms with van der Waals surface area (Å²) in [5, 5.41) is 3.23. The fourth-order valence-electron chi connectivity index (χ4n) is 2.54. The third-order valence-electron chi connectivity index (χ3n) is 3.60. The predicted octanol–water partition coefficient (Wildman–Crippen LogP) is 1.67. The van der Waals surface area contributed by atoms with Crippen LogP contribution in [-0.2, 0) is 4.79 Å². The Morgan fingerprint density at radius 2 is 1.95 bits per heavy atom. The van der Waals surface area contributed by atoms with Gasteiger partial charge in [0.05, 0.1) is 0 Å². The van der Waals surface area contributed by atoms with Crippen molar-refractivity contribution >= 4 is 17.5 Å². The lowest BCUT2D eigenvalue weighted by Gasteiger charge is -2.35. The van der Waals surface area contributed by atoms with Crippen LogP contribution in [0.4, 0.5) is 11.6 Å². The lowest BCUT2D eigenvalue weighted by molar-refractivity contribution is -0.131. The van der Waals surface area contributed by atoms with E-state index in [0.29, 0.717) is 6.42 Å². The monoisotopic (exact) mass is 291 g/mol. The molecule has 0 saturated carbocycles. The number of amides is 1. The summed E-state index contributed by atoms with van der Waals surface area (Å²) in [6.45, 7) is 10.1. The van der Waals surface area contributed by atoms with Gasteiger partial charge in [-0.05, 0) is 20.3 Å². The molecule has 0 aliphatic carbocycles. The summed E-state index contributed by atoms with van der Waals surface area (Å²) < 4.78 is 0. The summed E-state index contributed by atoms with van der Waals surface area (Å²) in [5.41, 5.74) is 0. The van der Waals surface area contributed by atoms with Crippen molar-refractivity contribution in [3.63, 3.8) is 0 Å². The number of aromatic nitrogens is 2. The first kappa shape index (κ1) is 15.5. The van der Waals surface area contributed by atoms with Crippen molar-refractivity contribution in [2.75, 3.05) is 42.9 Å². The van der Waals surface area contributed by atoms with Crippen LogP contribution in [0.5, 0.6) is 0 Å². The molecule has 2 heterocycles. The molecule has 0 unspecified atom stereocenters. The van der Waals surface area contributed by atoms with E-state index in [0.717, 1.165) is 56.6 Å². The number of nitrogens with one attached hydrogen (secondary N) is 1. The van der Waals surface area contributed by atoms with Gasteiger partial charge in [-0.15, -0.1) is 0 Å². The first-order valence-corrected chi connectivity index (χ1v) is 7.76. The van der Waals surface area contributed by atoms with Gasteiger partial charge < -0.3 is 15.1 Å². The largest absolute Gasteiger partial charge is 0.370 e. The number of hydrogen-bond acceptors (Lipinski definition) is 5. The standard InChI is InChI=1S/C15H25N5O/c1-4-6-15(21)20-9-7-19(8-10-20)14-11-13(16-5-2)17-12(3)18-14/h11H,4-10H2,1-3H3,(H,16,17,18). The molecule has 0 aromatic carbocycles. The molecule has 1 saturated heterocycles. The number of piperazine rings is 1. The minimum atomic E-state index is 0.268. The topological polar surface area (TPSA) is 61.4 Å². The first-order chi connectivity index (χ1) is 10.1. The van der Waals surface area contributed by atoms with Gasteiger partial charge in [-0.3, -0.25) is 4.79 Å². The average molecular weight is 291 g/mol. The van der Waals surface area contributed by atoms with Gasteiger partial charge in [-0.25, -0.2) is 9.97 Å². The zero-order valence-corrected chi connectivity index (χ0v) is 13.2. The summed E-state index contributed by atoms with van der Waals surface area (Å²) in [5.74, 6) is 2.85. The number of carbonyl (C=O) groups is 1. The molecule has 1 aliphatic rings. The van der Waals surface area contributed by atoms with Crippen LogP contribution >= 0.6 is 0 Å². The van der Waals surface area contributed by atoms with E-state index in [4.69, 9.17) is 0 Å². The second-order valence-corrected chi connectivity index (χ2v) is 5.31. The van der Waals surface area contributed by atoms with Gasteiger partial charge in [-0.2, -0.15) is 0 Å². The number of nitrogens with zero attached hydrogens (tertiary/aromatic N) is 4. The van der Waals surface area contributed by atoms with Crippen molar-refractivity contribution in [3.8, 4) is 0 Å². The van der Waals surface area contributed by atoms with Crippen LogP contribution in [0.3, 0.4) is 0 Å². The molecule has 1 aromatic rings. The average Bonchev–Trinajstić information content (AvgIpc) is 2.47. The normalized spacial score (nSPS) is 15.2. The molecule has 6 nitrogen and oxygen atoms in total. The highest BCUT2D eigenvalue weighted by atomic mass is 16.2. The van der Waals surface area contributed by atoms with Gasteiger partial charge in [0.15, 0.2) is 0 Å². The lowest BCUT2D eigenvalue weighted by Crippen LogP contribution is -2.49. The van der Waals surface area contributed by atoms with Crippen molar-refractivity contribution in [2.24, 2.45) is 0 Å². The Kier molecular flexibility index (Phi) is 5.36. The lowest BCUT2D eigenvalue weighted by atomic mass is 10.2. The van der Waals surface area contributed by atoms with Gasteiger partial charge in [-0.1, -0.05) is 6.92 Å². The molecule has 21 heavy (non-hydrogen) atoms. The van der Waals surface area contributed by atoms with Crippen LogP contribution in [0.25, 0.3) is 0 Å². The van der Waals surface area contributed by atoms with Crippen LogP contribution in [0, 0.1) is 6.92 Å². The Morgan fingerprint density at radius 1 is 1.24 bits per heavy atom. The second kappa shape index (κ2) is 7.24. The maximum absolute atomic E-state index is 11.9. The van der Waals surface area contributed by atoms with Crippen molar-refractivity contribution in [2.45, 2.75) is 33.6 Å². The Labute approximate surface area is 126 Å². The first-order valence-electron chi connectivity index (χ1n) is 7.76. The molecule has 1 aromatic heterocycles. The quantitative estimate of drug-likeness (QED) is 0.894. The molecular formula is C15H25N5O. The maximum atomic E-state index is 11.9. The van der Waals surface area contributed by atoms with Crippen LogP contribution in [0.2, 0.25) is 0 Å². The molecular weight excluding hydrogens is 266 g/mol. The summed E-state index contributed by atoms with van der Waals surface area (Å²) in [4.78, 5) is 25.0. The van der Waals surface area contributed by atoms with E-state index in [1.165, 1.54) is 0 Å². The zero-order valence-electron chi connectivity index (χ0n) is 13.2. The summed E-state index contributed by atoms with van der Waals surface area (Å²) in [6, 6.07) is 1.99. The van der Waals surface area contributed by atoms with Gasteiger partial charge in [0.25, 0.3) is 0 Å². The SMILES string of the molecule is CCCC(=O)N1CCN(c2cc(NCC)nc(C)n2)CC1. The molecule has 0 bridgehead atoms.